The fraction of sp³-hybridized carbons (Fsp3) is 0.273. The minimum atomic E-state index is -1.16. The summed E-state index contributed by atoms with van der Waals surface area (Å²) in [5, 5.41) is 8.88. The Balaban J connectivity index is 2.65. The highest BCUT2D eigenvalue weighted by atomic mass is 16.7. The molecule has 1 aromatic carbocycles. The summed E-state index contributed by atoms with van der Waals surface area (Å²) < 4.78 is 4.72. The van der Waals surface area contributed by atoms with Crippen molar-refractivity contribution in [3.8, 4) is 0 Å². The van der Waals surface area contributed by atoms with Gasteiger partial charge in [-0.2, -0.15) is 0 Å². The van der Waals surface area contributed by atoms with E-state index in [4.69, 9.17) is 14.7 Å². The van der Waals surface area contributed by atoms with Crippen LogP contribution in [0.5, 0.6) is 0 Å². The molecule has 6 nitrogen and oxygen atoms in total. The Morgan fingerprint density at radius 2 is 1.88 bits per heavy atom. The van der Waals surface area contributed by atoms with E-state index in [9.17, 15) is 9.59 Å². The third-order valence-corrected chi connectivity index (χ3v) is 1.96. The van der Waals surface area contributed by atoms with E-state index >= 15 is 0 Å². The van der Waals surface area contributed by atoms with E-state index in [1.807, 2.05) is 0 Å². The van der Waals surface area contributed by atoms with Crippen LogP contribution in [0.1, 0.15) is 20.7 Å². The van der Waals surface area contributed by atoms with Crippen LogP contribution in [0.2, 0.25) is 0 Å². The molecule has 0 atom stereocenters. The van der Waals surface area contributed by atoms with E-state index in [2.05, 4.69) is 5.48 Å². The number of nitrogens with one attached hydrogen (secondary N) is 1. The van der Waals surface area contributed by atoms with Crippen molar-refractivity contribution in [1.82, 2.24) is 5.48 Å². The van der Waals surface area contributed by atoms with Crippen molar-refractivity contribution in [2.75, 3.05) is 20.3 Å². The van der Waals surface area contributed by atoms with Crippen LogP contribution in [-0.4, -0.2) is 37.3 Å². The lowest BCUT2D eigenvalue weighted by Crippen LogP contribution is -2.27. The number of rotatable bonds is 6. The minimum Gasteiger partial charge on any atom is -0.478 e. The van der Waals surface area contributed by atoms with Crippen molar-refractivity contribution in [3.63, 3.8) is 0 Å². The van der Waals surface area contributed by atoms with Gasteiger partial charge in [-0.25, -0.2) is 10.3 Å². The molecule has 17 heavy (non-hydrogen) atoms. The molecule has 0 saturated carbocycles. The topological polar surface area (TPSA) is 84.9 Å². The number of hydrogen-bond donors (Lipinski definition) is 2. The van der Waals surface area contributed by atoms with E-state index in [-0.39, 0.29) is 17.7 Å². The summed E-state index contributed by atoms with van der Waals surface area (Å²) >= 11 is 0. The second-order valence-electron chi connectivity index (χ2n) is 3.12. The van der Waals surface area contributed by atoms with Gasteiger partial charge < -0.3 is 9.84 Å². The number of methoxy groups -OCH3 is 1. The van der Waals surface area contributed by atoms with Crippen molar-refractivity contribution in [2.24, 2.45) is 0 Å². The molecule has 6 heteroatoms. The van der Waals surface area contributed by atoms with Gasteiger partial charge in [0.15, 0.2) is 0 Å². The first-order valence-corrected chi connectivity index (χ1v) is 4.90. The molecule has 0 aromatic heterocycles. The van der Waals surface area contributed by atoms with Crippen LogP contribution in [0.15, 0.2) is 24.3 Å². The summed E-state index contributed by atoms with van der Waals surface area (Å²) in [4.78, 5) is 27.3. The fourth-order valence-electron chi connectivity index (χ4n) is 1.16. The second-order valence-corrected chi connectivity index (χ2v) is 3.12. The lowest BCUT2D eigenvalue weighted by molar-refractivity contribution is 0.00875. The smallest absolute Gasteiger partial charge is 0.336 e. The molecule has 0 fully saturated rings. The number of carboxylic acids is 1. The molecule has 92 valence electrons. The van der Waals surface area contributed by atoms with Crippen molar-refractivity contribution in [3.05, 3.63) is 35.4 Å². The van der Waals surface area contributed by atoms with Crippen molar-refractivity contribution in [2.45, 2.75) is 0 Å². The molecule has 0 aliphatic heterocycles. The summed E-state index contributed by atoms with van der Waals surface area (Å²) in [5.74, 6) is -1.76. The van der Waals surface area contributed by atoms with Crippen LogP contribution in [0, 0.1) is 0 Å². The standard InChI is InChI=1S/C11H13NO5/c1-16-6-7-17-12-10(13)8-4-2-3-5-9(8)11(14)15/h2-5H,6-7H2,1H3,(H,12,13)(H,14,15). The number of hydrogen-bond acceptors (Lipinski definition) is 4. The summed E-state index contributed by atoms with van der Waals surface area (Å²) in [6, 6.07) is 5.90. The molecular weight excluding hydrogens is 226 g/mol. The van der Waals surface area contributed by atoms with E-state index < -0.39 is 11.9 Å². The number of carbonyl (C=O) groups excluding carboxylic acids is 1. The largest absolute Gasteiger partial charge is 0.478 e. The Morgan fingerprint density at radius 3 is 2.47 bits per heavy atom. The van der Waals surface area contributed by atoms with Crippen LogP contribution >= 0.6 is 0 Å². The third kappa shape index (κ3) is 3.86. The number of aromatic carboxylic acids is 1. The van der Waals surface area contributed by atoms with Gasteiger partial charge in [0.2, 0.25) is 0 Å². The molecule has 0 aliphatic rings. The molecule has 1 aromatic rings. The Labute approximate surface area is 98.1 Å². The zero-order valence-corrected chi connectivity index (χ0v) is 9.30. The average Bonchev–Trinajstić information content (AvgIpc) is 2.34. The number of amides is 1. The van der Waals surface area contributed by atoms with Gasteiger partial charge in [0, 0.05) is 7.11 Å². The molecule has 0 radical (unpaired) electrons. The van der Waals surface area contributed by atoms with Gasteiger partial charge in [0.25, 0.3) is 5.91 Å². The predicted octanol–water partition coefficient (Wildman–Crippen LogP) is 0.693. The highest BCUT2D eigenvalue weighted by Gasteiger charge is 2.15. The van der Waals surface area contributed by atoms with E-state index in [1.165, 1.54) is 19.2 Å². The van der Waals surface area contributed by atoms with Gasteiger partial charge in [-0.1, -0.05) is 12.1 Å². The predicted molar refractivity (Wildman–Crippen MR) is 58.7 cm³/mol. The molecular formula is C11H13NO5. The van der Waals surface area contributed by atoms with E-state index in [1.54, 1.807) is 12.1 Å². The quantitative estimate of drug-likeness (QED) is 0.563. The lowest BCUT2D eigenvalue weighted by atomic mass is 10.1. The van der Waals surface area contributed by atoms with Crippen molar-refractivity contribution >= 4 is 11.9 Å². The van der Waals surface area contributed by atoms with Crippen LogP contribution in [-0.2, 0) is 9.57 Å². The highest BCUT2D eigenvalue weighted by Crippen LogP contribution is 2.08. The van der Waals surface area contributed by atoms with Gasteiger partial charge >= 0.3 is 5.97 Å². The lowest BCUT2D eigenvalue weighted by Gasteiger charge is -2.07. The molecule has 2 N–H and O–H groups in total. The summed E-state index contributed by atoms with van der Waals surface area (Å²) in [6.45, 7) is 0.526. The summed E-state index contributed by atoms with van der Waals surface area (Å²) in [6.07, 6.45) is 0. The first-order chi connectivity index (χ1) is 8.16. The van der Waals surface area contributed by atoms with E-state index in [0.717, 1.165) is 0 Å². The van der Waals surface area contributed by atoms with Crippen LogP contribution in [0.4, 0.5) is 0 Å². The zero-order valence-electron chi connectivity index (χ0n) is 9.30. The number of ether oxygens (including phenoxy) is 1. The molecule has 0 aliphatic carbocycles. The maximum absolute atomic E-state index is 11.6. The first-order valence-electron chi connectivity index (χ1n) is 4.90. The number of benzene rings is 1. The van der Waals surface area contributed by atoms with Gasteiger partial charge in [0.05, 0.1) is 24.3 Å². The molecule has 1 rings (SSSR count). The third-order valence-electron chi connectivity index (χ3n) is 1.96. The van der Waals surface area contributed by atoms with E-state index in [0.29, 0.717) is 6.61 Å². The van der Waals surface area contributed by atoms with Crippen LogP contribution in [0.25, 0.3) is 0 Å². The fourth-order valence-corrected chi connectivity index (χ4v) is 1.16. The van der Waals surface area contributed by atoms with Gasteiger partial charge in [-0.15, -0.1) is 0 Å². The SMILES string of the molecule is COCCONC(=O)c1ccccc1C(=O)O. The maximum atomic E-state index is 11.6. The molecule has 0 spiro atoms. The van der Waals surface area contributed by atoms with Crippen LogP contribution in [0.3, 0.4) is 0 Å². The van der Waals surface area contributed by atoms with Crippen molar-refractivity contribution in [1.29, 1.82) is 0 Å². The Morgan fingerprint density at radius 1 is 1.24 bits per heavy atom. The summed E-state index contributed by atoms with van der Waals surface area (Å²) in [7, 11) is 1.50. The zero-order chi connectivity index (χ0) is 12.7. The number of carboxylic acid groups (broad SMARTS) is 1. The monoisotopic (exact) mass is 239 g/mol. The summed E-state index contributed by atoms with van der Waals surface area (Å²) in [5.41, 5.74) is 2.13. The van der Waals surface area contributed by atoms with Crippen molar-refractivity contribution < 1.29 is 24.3 Å². The first kappa shape index (κ1) is 13.1. The average molecular weight is 239 g/mol. The Bertz CT molecular complexity index is 405. The molecule has 0 heterocycles. The highest BCUT2D eigenvalue weighted by molar-refractivity contribution is 6.04. The Kier molecular flexibility index (Phi) is 5.12. The second kappa shape index (κ2) is 6.62. The normalized spacial score (nSPS) is 9.94. The van der Waals surface area contributed by atoms with Gasteiger partial charge in [-0.3, -0.25) is 9.63 Å². The minimum absolute atomic E-state index is 0.0532. The molecule has 0 bridgehead atoms. The molecule has 0 saturated heterocycles. The Hall–Kier alpha value is -1.92. The van der Waals surface area contributed by atoms with Crippen LogP contribution < -0.4 is 5.48 Å². The number of hydroxylamine groups is 1. The van der Waals surface area contributed by atoms with Gasteiger partial charge in [0.1, 0.15) is 0 Å². The molecule has 0 unspecified atom stereocenters. The van der Waals surface area contributed by atoms with Gasteiger partial charge in [-0.05, 0) is 12.1 Å². The number of carbonyl (C=O) groups is 2. The maximum Gasteiger partial charge on any atom is 0.336 e. The molecule has 1 amide bonds.